The van der Waals surface area contributed by atoms with Crippen molar-refractivity contribution in [1.82, 2.24) is 15.3 Å². The molecule has 20 heavy (non-hydrogen) atoms. The van der Waals surface area contributed by atoms with Crippen LogP contribution in [0.2, 0.25) is 0 Å². The molecule has 0 atom stereocenters. The normalized spacial score (nSPS) is 10.9. The number of anilines is 1. The molecule has 5 heteroatoms. The molecule has 0 radical (unpaired) electrons. The van der Waals surface area contributed by atoms with Crippen LogP contribution in [0.5, 0.6) is 5.88 Å². The molecule has 0 amide bonds. The zero-order valence-electron chi connectivity index (χ0n) is 13.4. The molecule has 0 unspecified atom stereocenters. The summed E-state index contributed by atoms with van der Waals surface area (Å²) in [6.07, 6.45) is 0.980. The van der Waals surface area contributed by atoms with Crippen molar-refractivity contribution in [3.8, 4) is 5.88 Å². The minimum Gasteiger partial charge on any atom is -0.478 e. The third kappa shape index (κ3) is 6.19. The molecule has 1 rings (SSSR count). The Labute approximate surface area is 122 Å². The lowest BCUT2D eigenvalue weighted by Gasteiger charge is -2.19. The third-order valence-electron chi connectivity index (χ3n) is 2.79. The van der Waals surface area contributed by atoms with Crippen LogP contribution in [0.3, 0.4) is 0 Å². The number of hydrogen-bond acceptors (Lipinski definition) is 5. The number of nitrogens with zero attached hydrogens (tertiary/aromatic N) is 3. The first-order valence-corrected chi connectivity index (χ1v) is 7.43. The molecule has 0 aliphatic rings. The standard InChI is InChI=1S/C15H28N4O/c1-6-9-20-14-10-13(4)17-15(18-14)19(5)8-7-16-11-12(2)3/h10,12,16H,6-9,11H2,1-5H3. The summed E-state index contributed by atoms with van der Waals surface area (Å²) >= 11 is 0. The summed E-state index contributed by atoms with van der Waals surface area (Å²) in [6, 6.07) is 1.88. The lowest BCUT2D eigenvalue weighted by Crippen LogP contribution is -2.32. The predicted octanol–water partition coefficient (Wildman–Crippen LogP) is 2.26. The van der Waals surface area contributed by atoms with Crippen molar-refractivity contribution in [3.05, 3.63) is 11.8 Å². The molecule has 0 spiro atoms. The van der Waals surface area contributed by atoms with Crippen LogP contribution in [0, 0.1) is 12.8 Å². The second kappa shape index (κ2) is 8.74. The summed E-state index contributed by atoms with van der Waals surface area (Å²) in [7, 11) is 2.01. The van der Waals surface area contributed by atoms with E-state index in [4.69, 9.17) is 4.74 Å². The number of aryl methyl sites for hydroxylation is 1. The van der Waals surface area contributed by atoms with Crippen molar-refractivity contribution in [3.63, 3.8) is 0 Å². The third-order valence-corrected chi connectivity index (χ3v) is 2.79. The van der Waals surface area contributed by atoms with Crippen molar-refractivity contribution in [2.45, 2.75) is 34.1 Å². The lowest BCUT2D eigenvalue weighted by atomic mass is 10.2. The summed E-state index contributed by atoms with van der Waals surface area (Å²) in [5.74, 6) is 2.06. The average Bonchev–Trinajstić information content (AvgIpc) is 2.40. The van der Waals surface area contributed by atoms with E-state index in [2.05, 4.69) is 41.0 Å². The summed E-state index contributed by atoms with van der Waals surface area (Å²) in [5.41, 5.74) is 0.933. The zero-order valence-corrected chi connectivity index (χ0v) is 13.4. The summed E-state index contributed by atoms with van der Waals surface area (Å²) in [6.45, 7) is 12.0. The Hall–Kier alpha value is -1.36. The highest BCUT2D eigenvalue weighted by Gasteiger charge is 2.08. The second-order valence-corrected chi connectivity index (χ2v) is 5.52. The molecule has 1 aromatic rings. The van der Waals surface area contributed by atoms with E-state index in [1.807, 2.05) is 20.0 Å². The highest BCUT2D eigenvalue weighted by atomic mass is 16.5. The van der Waals surface area contributed by atoms with Gasteiger partial charge in [-0.25, -0.2) is 4.98 Å². The van der Waals surface area contributed by atoms with Gasteiger partial charge in [-0.2, -0.15) is 4.98 Å². The summed E-state index contributed by atoms with van der Waals surface area (Å²) < 4.78 is 5.59. The van der Waals surface area contributed by atoms with Crippen molar-refractivity contribution in [2.75, 3.05) is 38.2 Å². The molecule has 0 aromatic carbocycles. The molecule has 1 heterocycles. The largest absolute Gasteiger partial charge is 0.478 e. The quantitative estimate of drug-likeness (QED) is 0.703. The van der Waals surface area contributed by atoms with E-state index in [1.165, 1.54) is 0 Å². The van der Waals surface area contributed by atoms with Crippen LogP contribution in [0.1, 0.15) is 32.9 Å². The SMILES string of the molecule is CCCOc1cc(C)nc(N(C)CCNCC(C)C)n1. The van der Waals surface area contributed by atoms with E-state index >= 15 is 0 Å². The number of nitrogens with one attached hydrogen (secondary N) is 1. The Kier molecular flexibility index (Phi) is 7.30. The van der Waals surface area contributed by atoms with E-state index in [0.717, 1.165) is 37.7 Å². The van der Waals surface area contributed by atoms with Crippen LogP contribution in [0.4, 0.5) is 5.95 Å². The summed E-state index contributed by atoms with van der Waals surface area (Å²) in [4.78, 5) is 11.0. The van der Waals surface area contributed by atoms with Gasteiger partial charge in [-0.15, -0.1) is 0 Å². The van der Waals surface area contributed by atoms with E-state index in [9.17, 15) is 0 Å². The Morgan fingerprint density at radius 3 is 2.75 bits per heavy atom. The fraction of sp³-hybridized carbons (Fsp3) is 0.733. The van der Waals surface area contributed by atoms with Gasteiger partial charge in [-0.1, -0.05) is 20.8 Å². The van der Waals surface area contributed by atoms with Crippen LogP contribution in [0.25, 0.3) is 0 Å². The molecule has 114 valence electrons. The van der Waals surface area contributed by atoms with Crippen LogP contribution in [-0.4, -0.2) is 43.3 Å². The van der Waals surface area contributed by atoms with Crippen molar-refractivity contribution >= 4 is 5.95 Å². The molecule has 0 saturated heterocycles. The monoisotopic (exact) mass is 280 g/mol. The number of hydrogen-bond donors (Lipinski definition) is 1. The highest BCUT2D eigenvalue weighted by Crippen LogP contribution is 2.14. The zero-order chi connectivity index (χ0) is 15.0. The van der Waals surface area contributed by atoms with Gasteiger partial charge in [-0.05, 0) is 25.8 Å². The first kappa shape index (κ1) is 16.7. The van der Waals surface area contributed by atoms with Gasteiger partial charge in [0.05, 0.1) is 6.61 Å². The van der Waals surface area contributed by atoms with Crippen molar-refractivity contribution in [2.24, 2.45) is 5.92 Å². The minimum absolute atomic E-state index is 0.663. The van der Waals surface area contributed by atoms with Gasteiger partial charge in [0.15, 0.2) is 0 Å². The highest BCUT2D eigenvalue weighted by molar-refractivity contribution is 5.33. The maximum atomic E-state index is 5.59. The van der Waals surface area contributed by atoms with Gasteiger partial charge in [0, 0.05) is 31.9 Å². The fourth-order valence-electron chi connectivity index (χ4n) is 1.71. The lowest BCUT2D eigenvalue weighted by molar-refractivity contribution is 0.304. The molecule has 0 saturated carbocycles. The van der Waals surface area contributed by atoms with Crippen LogP contribution < -0.4 is 15.0 Å². The maximum Gasteiger partial charge on any atom is 0.228 e. The summed E-state index contributed by atoms with van der Waals surface area (Å²) in [5, 5.41) is 3.42. The Morgan fingerprint density at radius 2 is 2.10 bits per heavy atom. The average molecular weight is 280 g/mol. The number of rotatable bonds is 9. The Bertz CT molecular complexity index is 395. The number of aromatic nitrogens is 2. The molecule has 0 bridgehead atoms. The van der Waals surface area contributed by atoms with E-state index in [0.29, 0.717) is 18.4 Å². The molecule has 0 fully saturated rings. The smallest absolute Gasteiger partial charge is 0.228 e. The van der Waals surface area contributed by atoms with Gasteiger partial charge in [0.2, 0.25) is 11.8 Å². The van der Waals surface area contributed by atoms with E-state index < -0.39 is 0 Å². The minimum atomic E-state index is 0.663. The van der Waals surface area contributed by atoms with Crippen LogP contribution in [-0.2, 0) is 0 Å². The van der Waals surface area contributed by atoms with Crippen molar-refractivity contribution < 1.29 is 4.74 Å². The van der Waals surface area contributed by atoms with Gasteiger partial charge < -0.3 is 15.0 Å². The second-order valence-electron chi connectivity index (χ2n) is 5.52. The topological polar surface area (TPSA) is 50.3 Å². The van der Waals surface area contributed by atoms with Gasteiger partial charge in [0.1, 0.15) is 0 Å². The fourth-order valence-corrected chi connectivity index (χ4v) is 1.71. The van der Waals surface area contributed by atoms with Crippen LogP contribution in [0.15, 0.2) is 6.07 Å². The van der Waals surface area contributed by atoms with Crippen LogP contribution >= 0.6 is 0 Å². The molecule has 1 N–H and O–H groups in total. The molecule has 0 aliphatic carbocycles. The number of ether oxygens (including phenoxy) is 1. The molecular weight excluding hydrogens is 252 g/mol. The molecule has 5 nitrogen and oxygen atoms in total. The van der Waals surface area contributed by atoms with Gasteiger partial charge >= 0.3 is 0 Å². The Morgan fingerprint density at radius 1 is 1.35 bits per heavy atom. The van der Waals surface area contributed by atoms with Crippen molar-refractivity contribution in [1.29, 1.82) is 0 Å². The Balaban J connectivity index is 2.53. The first-order valence-electron chi connectivity index (χ1n) is 7.43. The number of likely N-dealkylation sites (N-methyl/N-ethyl adjacent to an activating group) is 1. The predicted molar refractivity (Wildman–Crippen MR) is 83.5 cm³/mol. The van der Waals surface area contributed by atoms with E-state index in [1.54, 1.807) is 0 Å². The van der Waals surface area contributed by atoms with Gasteiger partial charge in [-0.3, -0.25) is 0 Å². The van der Waals surface area contributed by atoms with E-state index in [-0.39, 0.29) is 0 Å². The maximum absolute atomic E-state index is 5.59. The molecule has 0 aliphatic heterocycles. The first-order chi connectivity index (χ1) is 9.52. The van der Waals surface area contributed by atoms with Gasteiger partial charge in [0.25, 0.3) is 0 Å². The molecular formula is C15H28N4O. The molecule has 1 aromatic heterocycles.